The van der Waals surface area contributed by atoms with Crippen LogP contribution in [-0.2, 0) is 4.79 Å². The van der Waals surface area contributed by atoms with Crippen molar-refractivity contribution in [2.24, 2.45) is 5.92 Å². The molecular weight excluding hydrogens is 200 g/mol. The van der Waals surface area contributed by atoms with E-state index in [1.807, 2.05) is 18.9 Å². The molecule has 1 heterocycles. The molecule has 0 aromatic carbocycles. The highest BCUT2D eigenvalue weighted by Gasteiger charge is 2.38. The van der Waals surface area contributed by atoms with E-state index in [1.165, 1.54) is 25.7 Å². The van der Waals surface area contributed by atoms with E-state index in [4.69, 9.17) is 0 Å². The number of likely N-dealkylation sites (N-methyl/N-ethyl adjacent to an activating group) is 1. The molecule has 1 N–H and O–H groups in total. The van der Waals surface area contributed by atoms with Gasteiger partial charge in [0.1, 0.15) is 0 Å². The first-order chi connectivity index (χ1) is 7.62. The Kier molecular flexibility index (Phi) is 3.53. The van der Waals surface area contributed by atoms with Gasteiger partial charge in [-0.1, -0.05) is 12.8 Å². The fourth-order valence-corrected chi connectivity index (χ4v) is 3.16. The van der Waals surface area contributed by atoms with Crippen molar-refractivity contribution in [3.8, 4) is 0 Å². The maximum Gasteiger partial charge on any atom is 0.242 e. The second-order valence-electron chi connectivity index (χ2n) is 5.70. The Morgan fingerprint density at radius 2 is 2.06 bits per heavy atom. The summed E-state index contributed by atoms with van der Waals surface area (Å²) >= 11 is 0. The van der Waals surface area contributed by atoms with Crippen LogP contribution in [0.2, 0.25) is 0 Å². The third-order valence-electron chi connectivity index (χ3n) is 4.19. The maximum atomic E-state index is 12.3. The van der Waals surface area contributed by atoms with Crippen molar-refractivity contribution in [3.05, 3.63) is 0 Å². The first-order valence-corrected chi connectivity index (χ1v) is 6.62. The molecule has 3 nitrogen and oxygen atoms in total. The summed E-state index contributed by atoms with van der Waals surface area (Å²) in [6.45, 7) is 3.99. The molecule has 0 bridgehead atoms. The SMILES string of the molecule is CN(CC1CCCC1)C(=O)C1(C)CCCN1. The fourth-order valence-electron chi connectivity index (χ4n) is 3.16. The summed E-state index contributed by atoms with van der Waals surface area (Å²) in [7, 11) is 1.96. The van der Waals surface area contributed by atoms with Gasteiger partial charge in [-0.05, 0) is 45.1 Å². The molecule has 0 radical (unpaired) electrons. The molecule has 2 aliphatic rings. The molecule has 92 valence electrons. The molecule has 0 spiro atoms. The van der Waals surface area contributed by atoms with E-state index in [9.17, 15) is 4.79 Å². The van der Waals surface area contributed by atoms with Gasteiger partial charge in [-0.25, -0.2) is 0 Å². The minimum atomic E-state index is -0.284. The molecule has 3 heteroatoms. The van der Waals surface area contributed by atoms with Gasteiger partial charge in [0.25, 0.3) is 0 Å². The van der Waals surface area contributed by atoms with Crippen LogP contribution >= 0.6 is 0 Å². The van der Waals surface area contributed by atoms with Crippen LogP contribution in [0.1, 0.15) is 45.4 Å². The predicted molar refractivity (Wildman–Crippen MR) is 65.2 cm³/mol. The van der Waals surface area contributed by atoms with Gasteiger partial charge in [0.2, 0.25) is 5.91 Å². The number of rotatable bonds is 3. The molecule has 1 atom stereocenters. The molecular formula is C13H24N2O. The lowest BCUT2D eigenvalue weighted by Crippen LogP contribution is -2.52. The molecule has 2 rings (SSSR count). The minimum absolute atomic E-state index is 0.284. The molecule has 1 aliphatic heterocycles. The fraction of sp³-hybridized carbons (Fsp3) is 0.923. The van der Waals surface area contributed by atoms with Crippen LogP contribution < -0.4 is 5.32 Å². The number of amides is 1. The third-order valence-corrected chi connectivity index (χ3v) is 4.19. The van der Waals surface area contributed by atoms with E-state index in [2.05, 4.69) is 5.32 Å². The van der Waals surface area contributed by atoms with Crippen LogP contribution in [0.3, 0.4) is 0 Å². The Hall–Kier alpha value is -0.570. The van der Waals surface area contributed by atoms with Crippen LogP contribution in [0.5, 0.6) is 0 Å². The molecule has 1 unspecified atom stereocenters. The average molecular weight is 224 g/mol. The Morgan fingerprint density at radius 1 is 1.38 bits per heavy atom. The van der Waals surface area contributed by atoms with Gasteiger partial charge in [0.15, 0.2) is 0 Å². The molecule has 0 aromatic rings. The zero-order chi connectivity index (χ0) is 11.6. The Bertz CT molecular complexity index is 253. The molecule has 1 amide bonds. The molecule has 1 aliphatic carbocycles. The van der Waals surface area contributed by atoms with Crippen molar-refractivity contribution in [1.29, 1.82) is 0 Å². The number of nitrogens with one attached hydrogen (secondary N) is 1. The van der Waals surface area contributed by atoms with Gasteiger partial charge in [0.05, 0.1) is 5.54 Å². The normalized spacial score (nSPS) is 30.9. The summed E-state index contributed by atoms with van der Waals surface area (Å²) in [6.07, 6.45) is 7.42. The lowest BCUT2D eigenvalue weighted by atomic mass is 9.97. The molecule has 0 aromatic heterocycles. The molecule has 2 fully saturated rings. The van der Waals surface area contributed by atoms with E-state index in [0.29, 0.717) is 0 Å². The minimum Gasteiger partial charge on any atom is -0.344 e. The van der Waals surface area contributed by atoms with E-state index >= 15 is 0 Å². The van der Waals surface area contributed by atoms with Gasteiger partial charge < -0.3 is 10.2 Å². The van der Waals surface area contributed by atoms with Crippen LogP contribution in [0, 0.1) is 5.92 Å². The first kappa shape index (κ1) is 11.9. The van der Waals surface area contributed by atoms with Gasteiger partial charge in [0, 0.05) is 13.6 Å². The summed E-state index contributed by atoms with van der Waals surface area (Å²) in [5.74, 6) is 1.04. The smallest absolute Gasteiger partial charge is 0.242 e. The second kappa shape index (κ2) is 4.74. The van der Waals surface area contributed by atoms with Crippen molar-refractivity contribution in [3.63, 3.8) is 0 Å². The van der Waals surface area contributed by atoms with E-state index < -0.39 is 0 Å². The lowest BCUT2D eigenvalue weighted by molar-refractivity contribution is -0.136. The van der Waals surface area contributed by atoms with E-state index in [1.54, 1.807) is 0 Å². The molecule has 1 saturated carbocycles. The van der Waals surface area contributed by atoms with Crippen molar-refractivity contribution >= 4 is 5.91 Å². The predicted octanol–water partition coefficient (Wildman–Crippen LogP) is 1.78. The van der Waals surface area contributed by atoms with Gasteiger partial charge in [-0.15, -0.1) is 0 Å². The van der Waals surface area contributed by atoms with Crippen molar-refractivity contribution in [1.82, 2.24) is 10.2 Å². The molecule has 1 saturated heterocycles. The highest BCUT2D eigenvalue weighted by molar-refractivity contribution is 5.86. The third kappa shape index (κ3) is 2.40. The van der Waals surface area contributed by atoms with Crippen LogP contribution in [0.15, 0.2) is 0 Å². The largest absolute Gasteiger partial charge is 0.344 e. The summed E-state index contributed by atoms with van der Waals surface area (Å²) in [4.78, 5) is 14.3. The van der Waals surface area contributed by atoms with E-state index in [-0.39, 0.29) is 11.4 Å². The Labute approximate surface area is 98.6 Å². The number of carbonyl (C=O) groups excluding carboxylic acids is 1. The highest BCUT2D eigenvalue weighted by Crippen LogP contribution is 2.27. The van der Waals surface area contributed by atoms with Crippen molar-refractivity contribution < 1.29 is 4.79 Å². The molecule has 16 heavy (non-hydrogen) atoms. The topological polar surface area (TPSA) is 32.3 Å². The summed E-state index contributed by atoms with van der Waals surface area (Å²) in [5.41, 5.74) is -0.284. The Morgan fingerprint density at radius 3 is 2.62 bits per heavy atom. The van der Waals surface area contributed by atoms with Crippen LogP contribution in [0.25, 0.3) is 0 Å². The number of nitrogens with zero attached hydrogens (tertiary/aromatic N) is 1. The lowest BCUT2D eigenvalue weighted by Gasteiger charge is -2.30. The van der Waals surface area contributed by atoms with Crippen LogP contribution in [0.4, 0.5) is 0 Å². The Balaban J connectivity index is 1.88. The zero-order valence-electron chi connectivity index (χ0n) is 10.6. The van der Waals surface area contributed by atoms with E-state index in [0.717, 1.165) is 31.8 Å². The van der Waals surface area contributed by atoms with Gasteiger partial charge in [-0.3, -0.25) is 4.79 Å². The quantitative estimate of drug-likeness (QED) is 0.792. The number of carbonyl (C=O) groups is 1. The summed E-state index contributed by atoms with van der Waals surface area (Å²) in [6, 6.07) is 0. The van der Waals surface area contributed by atoms with Gasteiger partial charge >= 0.3 is 0 Å². The number of hydrogen-bond acceptors (Lipinski definition) is 2. The van der Waals surface area contributed by atoms with Crippen molar-refractivity contribution in [2.75, 3.05) is 20.1 Å². The van der Waals surface area contributed by atoms with Gasteiger partial charge in [-0.2, -0.15) is 0 Å². The highest BCUT2D eigenvalue weighted by atomic mass is 16.2. The summed E-state index contributed by atoms with van der Waals surface area (Å²) in [5, 5.41) is 3.35. The average Bonchev–Trinajstić information content (AvgIpc) is 2.89. The van der Waals surface area contributed by atoms with Crippen molar-refractivity contribution in [2.45, 2.75) is 51.0 Å². The number of hydrogen-bond donors (Lipinski definition) is 1. The monoisotopic (exact) mass is 224 g/mol. The summed E-state index contributed by atoms with van der Waals surface area (Å²) < 4.78 is 0. The standard InChI is InChI=1S/C13H24N2O/c1-13(8-5-9-14-13)12(16)15(2)10-11-6-3-4-7-11/h11,14H,3-10H2,1-2H3. The maximum absolute atomic E-state index is 12.3. The van der Waals surface area contributed by atoms with Crippen LogP contribution in [-0.4, -0.2) is 36.5 Å². The first-order valence-electron chi connectivity index (χ1n) is 6.62. The second-order valence-corrected chi connectivity index (χ2v) is 5.70. The zero-order valence-corrected chi connectivity index (χ0v) is 10.6.